The Bertz CT molecular complexity index is 1110. The standard InChI is InChI=1S/C12H11N5O3S.C6H11NO/c13-11-10-9(5-6-20-10)16-12(17-11)15-7-1-3-8(4-2-7)21(14,18)19;7-6(8)5-3-1-2-4-5/h1-6H,(H2,14,18,19)(H3,13,15,16,17);5H,1-4H2,(H2,7,8). The highest BCUT2D eigenvalue weighted by molar-refractivity contribution is 7.89. The summed E-state index contributed by atoms with van der Waals surface area (Å²) in [6.07, 6.45) is 5.90. The molecule has 1 amide bonds. The van der Waals surface area contributed by atoms with E-state index in [1.165, 1.54) is 31.2 Å². The molecule has 0 aliphatic heterocycles. The van der Waals surface area contributed by atoms with Crippen molar-refractivity contribution in [1.29, 1.82) is 0 Å². The highest BCUT2D eigenvalue weighted by atomic mass is 32.2. The molecule has 10 nitrogen and oxygen atoms in total. The van der Waals surface area contributed by atoms with Gasteiger partial charge in [-0.2, -0.15) is 4.98 Å². The Kier molecular flexibility index (Phi) is 5.99. The molecular weight excluding hydrogens is 396 g/mol. The lowest BCUT2D eigenvalue weighted by atomic mass is 10.1. The van der Waals surface area contributed by atoms with E-state index in [0.717, 1.165) is 12.8 Å². The molecule has 0 radical (unpaired) electrons. The van der Waals surface area contributed by atoms with Crippen LogP contribution < -0.4 is 21.9 Å². The van der Waals surface area contributed by atoms with Crippen molar-refractivity contribution in [3.05, 3.63) is 36.6 Å². The molecule has 0 spiro atoms. The molecule has 0 bridgehead atoms. The number of sulfonamides is 1. The van der Waals surface area contributed by atoms with Gasteiger partial charge in [0.15, 0.2) is 11.4 Å². The number of rotatable bonds is 4. The minimum Gasteiger partial charge on any atom is -0.459 e. The number of fused-ring (bicyclic) bond motifs is 1. The van der Waals surface area contributed by atoms with Gasteiger partial charge < -0.3 is 21.2 Å². The van der Waals surface area contributed by atoms with Gasteiger partial charge in [0.25, 0.3) is 0 Å². The molecule has 29 heavy (non-hydrogen) atoms. The zero-order chi connectivity index (χ0) is 21.0. The molecule has 1 aliphatic rings. The lowest BCUT2D eigenvalue weighted by Gasteiger charge is -2.06. The molecule has 3 aromatic rings. The SMILES string of the molecule is NC(=O)C1CCCC1.Nc1nc(Nc2ccc(S(N)(=O)=O)cc2)nc2ccoc12. The van der Waals surface area contributed by atoms with Crippen LogP contribution in [0.3, 0.4) is 0 Å². The molecule has 1 saturated carbocycles. The molecular formula is C18H22N6O4S. The van der Waals surface area contributed by atoms with E-state index in [-0.39, 0.29) is 28.5 Å². The van der Waals surface area contributed by atoms with Gasteiger partial charge in [-0.25, -0.2) is 18.5 Å². The minimum absolute atomic E-state index is 0.0266. The number of aromatic nitrogens is 2. The first kappa shape index (κ1) is 20.6. The highest BCUT2D eigenvalue weighted by Crippen LogP contribution is 2.24. The van der Waals surface area contributed by atoms with E-state index in [4.69, 9.17) is 21.0 Å². The van der Waals surface area contributed by atoms with Gasteiger partial charge in [0.05, 0.1) is 11.2 Å². The normalized spacial score (nSPS) is 14.4. The second kappa shape index (κ2) is 8.45. The van der Waals surface area contributed by atoms with Crippen LogP contribution in [0.1, 0.15) is 25.7 Å². The number of furan rings is 1. The zero-order valence-corrected chi connectivity index (χ0v) is 16.4. The van der Waals surface area contributed by atoms with E-state index < -0.39 is 10.0 Å². The molecule has 11 heteroatoms. The molecule has 4 rings (SSSR count). The highest BCUT2D eigenvalue weighted by Gasteiger charge is 2.19. The number of carbonyl (C=O) groups excluding carboxylic acids is 1. The number of nitrogens with two attached hydrogens (primary N) is 3. The Labute approximate surface area is 167 Å². The lowest BCUT2D eigenvalue weighted by molar-refractivity contribution is -0.121. The van der Waals surface area contributed by atoms with Crippen molar-refractivity contribution in [3.63, 3.8) is 0 Å². The van der Waals surface area contributed by atoms with E-state index in [9.17, 15) is 13.2 Å². The summed E-state index contributed by atoms with van der Waals surface area (Å²) in [5.74, 6) is 0.593. The average Bonchev–Trinajstić information content (AvgIpc) is 3.34. The molecule has 0 atom stereocenters. The van der Waals surface area contributed by atoms with Gasteiger partial charge in [-0.05, 0) is 37.1 Å². The summed E-state index contributed by atoms with van der Waals surface area (Å²) >= 11 is 0. The summed E-state index contributed by atoms with van der Waals surface area (Å²) in [4.78, 5) is 18.7. The zero-order valence-electron chi connectivity index (χ0n) is 15.5. The van der Waals surface area contributed by atoms with E-state index in [1.54, 1.807) is 18.2 Å². The van der Waals surface area contributed by atoms with E-state index >= 15 is 0 Å². The van der Waals surface area contributed by atoms with Crippen LogP contribution in [-0.2, 0) is 14.8 Å². The number of hydrogen-bond acceptors (Lipinski definition) is 8. The number of primary sulfonamides is 1. The molecule has 1 fully saturated rings. The maximum absolute atomic E-state index is 11.2. The van der Waals surface area contributed by atoms with Gasteiger partial charge in [0.1, 0.15) is 5.52 Å². The fourth-order valence-electron chi connectivity index (χ4n) is 3.01. The molecule has 1 aromatic carbocycles. The van der Waals surface area contributed by atoms with Gasteiger partial charge >= 0.3 is 0 Å². The minimum atomic E-state index is -3.71. The summed E-state index contributed by atoms with van der Waals surface area (Å²) in [6, 6.07) is 7.55. The number of primary amides is 1. The fraction of sp³-hybridized carbons (Fsp3) is 0.278. The van der Waals surface area contributed by atoms with Crippen LogP contribution in [-0.4, -0.2) is 24.3 Å². The number of nitrogens with zero attached hydrogens (tertiary/aromatic N) is 2. The van der Waals surface area contributed by atoms with Gasteiger partial charge in [-0.3, -0.25) is 4.79 Å². The summed E-state index contributed by atoms with van der Waals surface area (Å²) in [7, 11) is -3.71. The van der Waals surface area contributed by atoms with Crippen molar-refractivity contribution in [3.8, 4) is 0 Å². The molecule has 154 valence electrons. The number of hydrogen-bond donors (Lipinski definition) is 4. The Morgan fingerprint density at radius 2 is 1.76 bits per heavy atom. The number of amides is 1. The fourth-order valence-corrected chi connectivity index (χ4v) is 3.52. The summed E-state index contributed by atoms with van der Waals surface area (Å²) < 4.78 is 27.5. The maximum atomic E-state index is 11.2. The smallest absolute Gasteiger partial charge is 0.238 e. The molecule has 0 saturated heterocycles. The van der Waals surface area contributed by atoms with Crippen LogP contribution in [0.15, 0.2) is 45.9 Å². The van der Waals surface area contributed by atoms with Crippen LogP contribution in [0.4, 0.5) is 17.5 Å². The Hall–Kier alpha value is -3.18. The molecule has 1 aliphatic carbocycles. The molecule has 7 N–H and O–H groups in total. The quantitative estimate of drug-likeness (QED) is 0.495. The van der Waals surface area contributed by atoms with Crippen LogP contribution in [0, 0.1) is 5.92 Å². The predicted molar refractivity (Wildman–Crippen MR) is 108 cm³/mol. The van der Waals surface area contributed by atoms with Crippen LogP contribution >= 0.6 is 0 Å². The largest absolute Gasteiger partial charge is 0.459 e. The molecule has 2 heterocycles. The third-order valence-electron chi connectivity index (χ3n) is 4.53. The average molecular weight is 418 g/mol. The summed E-state index contributed by atoms with van der Waals surface area (Å²) in [5.41, 5.74) is 12.4. The number of benzene rings is 1. The summed E-state index contributed by atoms with van der Waals surface area (Å²) in [6.45, 7) is 0. The van der Waals surface area contributed by atoms with E-state index in [0.29, 0.717) is 16.8 Å². The van der Waals surface area contributed by atoms with Gasteiger partial charge in [-0.1, -0.05) is 12.8 Å². The first-order chi connectivity index (χ1) is 13.7. The molecule has 2 aromatic heterocycles. The van der Waals surface area contributed by atoms with Gasteiger partial charge in [0, 0.05) is 17.7 Å². The number of nitrogen functional groups attached to an aromatic ring is 1. The van der Waals surface area contributed by atoms with Crippen LogP contribution in [0.25, 0.3) is 11.1 Å². The molecule has 0 unspecified atom stereocenters. The van der Waals surface area contributed by atoms with Crippen molar-refractivity contribution in [2.45, 2.75) is 30.6 Å². The Morgan fingerprint density at radius 3 is 2.31 bits per heavy atom. The number of anilines is 3. The third kappa shape index (κ3) is 5.21. The third-order valence-corrected chi connectivity index (χ3v) is 5.46. The van der Waals surface area contributed by atoms with Crippen molar-refractivity contribution in [2.24, 2.45) is 16.8 Å². The second-order valence-corrected chi connectivity index (χ2v) is 8.21. The number of nitrogens with one attached hydrogen (secondary N) is 1. The van der Waals surface area contributed by atoms with Gasteiger partial charge in [0.2, 0.25) is 21.9 Å². The van der Waals surface area contributed by atoms with Crippen molar-refractivity contribution in [1.82, 2.24) is 9.97 Å². The van der Waals surface area contributed by atoms with Crippen LogP contribution in [0.5, 0.6) is 0 Å². The Balaban J connectivity index is 0.000000252. The van der Waals surface area contributed by atoms with E-state index in [2.05, 4.69) is 15.3 Å². The monoisotopic (exact) mass is 418 g/mol. The van der Waals surface area contributed by atoms with E-state index in [1.807, 2.05) is 0 Å². The van der Waals surface area contributed by atoms with Crippen LogP contribution in [0.2, 0.25) is 0 Å². The van der Waals surface area contributed by atoms with Crippen molar-refractivity contribution in [2.75, 3.05) is 11.1 Å². The maximum Gasteiger partial charge on any atom is 0.238 e. The first-order valence-electron chi connectivity index (χ1n) is 8.94. The van der Waals surface area contributed by atoms with Gasteiger partial charge in [-0.15, -0.1) is 0 Å². The second-order valence-electron chi connectivity index (χ2n) is 6.65. The van der Waals surface area contributed by atoms with Crippen molar-refractivity contribution < 1.29 is 17.6 Å². The number of carbonyl (C=O) groups is 1. The predicted octanol–water partition coefficient (Wildman–Crippen LogP) is 1.86. The Morgan fingerprint density at radius 1 is 1.10 bits per heavy atom. The lowest BCUT2D eigenvalue weighted by Crippen LogP contribution is -2.19. The van der Waals surface area contributed by atoms with Crippen molar-refractivity contribution >= 4 is 44.5 Å². The summed E-state index contributed by atoms with van der Waals surface area (Å²) in [5, 5.41) is 7.96. The first-order valence-corrected chi connectivity index (χ1v) is 10.5. The topological polar surface area (TPSA) is 180 Å².